The lowest BCUT2D eigenvalue weighted by molar-refractivity contribution is 0.0727. The molecular weight excluding hydrogens is 473 g/mol. The minimum absolute atomic E-state index is 0.00292. The standard InChI is InChI=1S/C26H25BrFNO3/c1-16-8-19(28)4-5-22(16)24-11-17(14-27)12-25-23(24)6-7-29(26(25)30)15-18-9-20(31-2)13-21(10-18)32-3/h4-5,8-13H,6-7,14-15H2,1-3H3. The molecule has 0 saturated heterocycles. The molecule has 166 valence electrons. The fourth-order valence-corrected chi connectivity index (χ4v) is 4.61. The molecule has 4 nitrogen and oxygen atoms in total. The molecule has 0 N–H and O–H groups in total. The van der Waals surface area contributed by atoms with Crippen molar-refractivity contribution in [1.29, 1.82) is 0 Å². The van der Waals surface area contributed by atoms with Crippen LogP contribution in [0.5, 0.6) is 11.5 Å². The number of benzene rings is 3. The summed E-state index contributed by atoms with van der Waals surface area (Å²) in [5.41, 5.74) is 6.52. The van der Waals surface area contributed by atoms with Gasteiger partial charge < -0.3 is 14.4 Å². The summed E-state index contributed by atoms with van der Waals surface area (Å²) in [4.78, 5) is 15.4. The molecule has 0 atom stereocenters. The summed E-state index contributed by atoms with van der Waals surface area (Å²) in [6, 6.07) is 14.5. The summed E-state index contributed by atoms with van der Waals surface area (Å²) in [6.45, 7) is 2.97. The summed E-state index contributed by atoms with van der Waals surface area (Å²) < 4.78 is 24.4. The van der Waals surface area contributed by atoms with E-state index < -0.39 is 0 Å². The van der Waals surface area contributed by atoms with Gasteiger partial charge in [-0.2, -0.15) is 0 Å². The summed E-state index contributed by atoms with van der Waals surface area (Å²) in [6.07, 6.45) is 0.733. The maximum Gasteiger partial charge on any atom is 0.254 e. The molecule has 0 radical (unpaired) electrons. The lowest BCUT2D eigenvalue weighted by atomic mass is 9.87. The van der Waals surface area contributed by atoms with E-state index >= 15 is 0 Å². The highest BCUT2D eigenvalue weighted by Gasteiger charge is 2.28. The second-order valence-corrected chi connectivity index (χ2v) is 8.52. The predicted octanol–water partition coefficient (Wildman–Crippen LogP) is 5.91. The van der Waals surface area contributed by atoms with Crippen LogP contribution in [0.2, 0.25) is 0 Å². The highest BCUT2D eigenvalue weighted by atomic mass is 79.9. The average Bonchev–Trinajstić information content (AvgIpc) is 2.80. The Hall–Kier alpha value is -2.86. The van der Waals surface area contributed by atoms with E-state index in [4.69, 9.17) is 9.47 Å². The molecule has 6 heteroatoms. The zero-order valence-electron chi connectivity index (χ0n) is 18.4. The van der Waals surface area contributed by atoms with Crippen molar-refractivity contribution in [2.24, 2.45) is 0 Å². The second-order valence-electron chi connectivity index (χ2n) is 7.96. The van der Waals surface area contributed by atoms with Crippen molar-refractivity contribution >= 4 is 21.8 Å². The maximum atomic E-state index is 13.7. The van der Waals surface area contributed by atoms with E-state index in [1.807, 2.05) is 36.1 Å². The molecule has 0 aromatic heterocycles. The molecule has 1 aliphatic heterocycles. The van der Waals surface area contributed by atoms with Crippen molar-refractivity contribution in [1.82, 2.24) is 4.90 Å². The smallest absolute Gasteiger partial charge is 0.254 e. The summed E-state index contributed by atoms with van der Waals surface area (Å²) in [5, 5.41) is 0.633. The van der Waals surface area contributed by atoms with Gasteiger partial charge in [0, 0.05) is 30.0 Å². The number of rotatable bonds is 6. The number of methoxy groups -OCH3 is 2. The monoisotopic (exact) mass is 497 g/mol. The minimum Gasteiger partial charge on any atom is -0.497 e. The molecule has 4 rings (SSSR count). The number of fused-ring (bicyclic) bond motifs is 1. The van der Waals surface area contributed by atoms with Crippen molar-refractivity contribution in [2.45, 2.75) is 25.2 Å². The van der Waals surface area contributed by atoms with Crippen molar-refractivity contribution in [2.75, 3.05) is 20.8 Å². The van der Waals surface area contributed by atoms with Crippen LogP contribution in [0.25, 0.3) is 11.1 Å². The maximum absolute atomic E-state index is 13.7. The fourth-order valence-electron chi connectivity index (χ4n) is 4.29. The molecule has 32 heavy (non-hydrogen) atoms. The fraction of sp³-hybridized carbons (Fsp3) is 0.269. The van der Waals surface area contributed by atoms with Gasteiger partial charge in [0.05, 0.1) is 14.2 Å². The number of carbonyl (C=O) groups is 1. The van der Waals surface area contributed by atoms with E-state index in [0.717, 1.165) is 39.8 Å². The van der Waals surface area contributed by atoms with E-state index in [1.54, 1.807) is 20.3 Å². The first kappa shape index (κ1) is 22.3. The van der Waals surface area contributed by atoms with Crippen LogP contribution in [0.15, 0.2) is 48.5 Å². The van der Waals surface area contributed by atoms with Gasteiger partial charge in [-0.25, -0.2) is 4.39 Å². The zero-order chi connectivity index (χ0) is 22.8. The first-order chi connectivity index (χ1) is 15.4. The molecular formula is C26H25BrFNO3. The van der Waals surface area contributed by atoms with Gasteiger partial charge in [-0.05, 0) is 83.1 Å². The average molecular weight is 498 g/mol. The van der Waals surface area contributed by atoms with Gasteiger partial charge in [0.2, 0.25) is 0 Å². The minimum atomic E-state index is -0.257. The number of hydrogen-bond acceptors (Lipinski definition) is 3. The van der Waals surface area contributed by atoms with Crippen LogP contribution in [-0.4, -0.2) is 31.6 Å². The SMILES string of the molecule is COc1cc(CN2CCc3c(cc(CBr)cc3-c3ccc(F)cc3C)C2=O)cc(OC)c1. The number of alkyl halides is 1. The molecule has 1 amide bonds. The highest BCUT2D eigenvalue weighted by molar-refractivity contribution is 9.08. The lowest BCUT2D eigenvalue weighted by Gasteiger charge is -2.31. The van der Waals surface area contributed by atoms with Gasteiger partial charge in [0.1, 0.15) is 17.3 Å². The van der Waals surface area contributed by atoms with E-state index in [-0.39, 0.29) is 11.7 Å². The molecule has 0 saturated carbocycles. The zero-order valence-corrected chi connectivity index (χ0v) is 20.0. The van der Waals surface area contributed by atoms with Gasteiger partial charge in [0.25, 0.3) is 5.91 Å². The number of halogens is 2. The Labute approximate surface area is 196 Å². The van der Waals surface area contributed by atoms with Crippen LogP contribution in [0.4, 0.5) is 4.39 Å². The van der Waals surface area contributed by atoms with Crippen LogP contribution in [-0.2, 0) is 18.3 Å². The number of amides is 1. The molecule has 3 aromatic carbocycles. The molecule has 0 bridgehead atoms. The van der Waals surface area contributed by atoms with Crippen molar-refractivity contribution in [3.05, 3.63) is 82.2 Å². The van der Waals surface area contributed by atoms with Gasteiger partial charge in [-0.15, -0.1) is 0 Å². The number of hydrogen-bond donors (Lipinski definition) is 0. The van der Waals surface area contributed by atoms with Gasteiger partial charge >= 0.3 is 0 Å². The number of nitrogens with zero attached hydrogens (tertiary/aromatic N) is 1. The van der Waals surface area contributed by atoms with E-state index in [2.05, 4.69) is 22.0 Å². The molecule has 0 aliphatic carbocycles. The normalized spacial score (nSPS) is 13.2. The largest absolute Gasteiger partial charge is 0.497 e. The topological polar surface area (TPSA) is 38.8 Å². The third-order valence-electron chi connectivity index (χ3n) is 5.88. The van der Waals surface area contributed by atoms with Crippen LogP contribution < -0.4 is 9.47 Å². The number of ether oxygens (including phenoxy) is 2. The molecule has 0 unspecified atom stereocenters. The Kier molecular flexibility index (Phi) is 6.51. The second kappa shape index (κ2) is 9.33. The Morgan fingerprint density at radius 1 is 0.938 bits per heavy atom. The van der Waals surface area contributed by atoms with Crippen molar-refractivity contribution in [3.63, 3.8) is 0 Å². The van der Waals surface area contributed by atoms with Crippen molar-refractivity contribution < 1.29 is 18.7 Å². The van der Waals surface area contributed by atoms with Gasteiger partial charge in [0.15, 0.2) is 0 Å². The van der Waals surface area contributed by atoms with Gasteiger partial charge in [-0.1, -0.05) is 22.0 Å². The third-order valence-corrected chi connectivity index (χ3v) is 6.52. The summed E-state index contributed by atoms with van der Waals surface area (Å²) in [5.74, 6) is 1.13. The Morgan fingerprint density at radius 2 is 1.62 bits per heavy atom. The third kappa shape index (κ3) is 4.37. The van der Waals surface area contributed by atoms with Crippen LogP contribution in [0.1, 0.15) is 32.6 Å². The first-order valence-electron chi connectivity index (χ1n) is 10.4. The first-order valence-corrected chi connectivity index (χ1v) is 11.5. The number of carbonyl (C=O) groups excluding carboxylic acids is 1. The summed E-state index contributed by atoms with van der Waals surface area (Å²) >= 11 is 3.53. The predicted molar refractivity (Wildman–Crippen MR) is 127 cm³/mol. The van der Waals surface area contributed by atoms with Crippen molar-refractivity contribution in [3.8, 4) is 22.6 Å². The Morgan fingerprint density at radius 3 is 2.25 bits per heavy atom. The molecule has 1 aliphatic rings. The molecule has 0 spiro atoms. The lowest BCUT2D eigenvalue weighted by Crippen LogP contribution is -2.37. The quantitative estimate of drug-likeness (QED) is 0.397. The van der Waals surface area contributed by atoms with Crippen LogP contribution in [0.3, 0.4) is 0 Å². The molecule has 0 fully saturated rings. The summed E-state index contributed by atoms with van der Waals surface area (Å²) in [7, 11) is 3.23. The van der Waals surface area contributed by atoms with Crippen LogP contribution in [0, 0.1) is 12.7 Å². The van der Waals surface area contributed by atoms with E-state index in [0.29, 0.717) is 35.5 Å². The Balaban J connectivity index is 1.72. The van der Waals surface area contributed by atoms with Gasteiger partial charge in [-0.3, -0.25) is 4.79 Å². The van der Waals surface area contributed by atoms with Crippen LogP contribution >= 0.6 is 15.9 Å². The highest BCUT2D eigenvalue weighted by Crippen LogP contribution is 2.35. The van der Waals surface area contributed by atoms with E-state index in [1.165, 1.54) is 12.1 Å². The number of aryl methyl sites for hydroxylation is 1. The molecule has 1 heterocycles. The molecule has 3 aromatic rings. The van der Waals surface area contributed by atoms with E-state index in [9.17, 15) is 9.18 Å². The Bertz CT molecular complexity index is 1160.